The molecule has 0 unspecified atom stereocenters. The van der Waals surface area contributed by atoms with E-state index in [1.54, 1.807) is 30.3 Å². The highest BCUT2D eigenvalue weighted by molar-refractivity contribution is 5.96. The van der Waals surface area contributed by atoms with E-state index < -0.39 is 0 Å². The number of benzene rings is 2. The predicted octanol–water partition coefficient (Wildman–Crippen LogP) is 4.09. The Morgan fingerprint density at radius 3 is 2.55 bits per heavy atom. The minimum atomic E-state index is -0.168. The third-order valence-corrected chi connectivity index (χ3v) is 4.50. The molecule has 0 aliphatic rings. The number of anilines is 3. The number of fused-ring (bicyclic) bond motifs is 1. The van der Waals surface area contributed by atoms with Gasteiger partial charge in [-0.25, -0.2) is 0 Å². The summed E-state index contributed by atoms with van der Waals surface area (Å²) in [7, 11) is 0. The number of Topliss-reactive ketones (excluding diaryl/α,β-unsaturated/α-hetero) is 1. The lowest BCUT2D eigenvalue weighted by molar-refractivity contribution is -0.115. The molecule has 2 aromatic heterocycles. The molecule has 0 saturated heterocycles. The summed E-state index contributed by atoms with van der Waals surface area (Å²) >= 11 is 0. The fraction of sp³-hybridized carbons (Fsp3) is 0.0909. The van der Waals surface area contributed by atoms with Crippen LogP contribution >= 0.6 is 0 Å². The van der Waals surface area contributed by atoms with Gasteiger partial charge in [-0.05, 0) is 42.8 Å². The number of para-hydroxylation sites is 1. The van der Waals surface area contributed by atoms with Crippen LogP contribution in [0.4, 0.5) is 17.3 Å². The molecule has 0 bridgehead atoms. The molecule has 0 saturated carbocycles. The number of nitrogens with zero attached hydrogens (tertiary/aromatic N) is 2. The van der Waals surface area contributed by atoms with Crippen molar-refractivity contribution < 1.29 is 9.59 Å². The van der Waals surface area contributed by atoms with Gasteiger partial charge in [0.25, 0.3) is 0 Å². The average molecular weight is 385 g/mol. The number of H-pyrrole nitrogens is 1. The summed E-state index contributed by atoms with van der Waals surface area (Å²) < 4.78 is 0. The van der Waals surface area contributed by atoms with E-state index in [0.29, 0.717) is 17.2 Å². The lowest BCUT2D eigenvalue weighted by Crippen LogP contribution is -2.15. The highest BCUT2D eigenvalue weighted by atomic mass is 16.1. The third kappa shape index (κ3) is 4.30. The van der Waals surface area contributed by atoms with E-state index in [4.69, 9.17) is 0 Å². The van der Waals surface area contributed by atoms with Gasteiger partial charge in [0, 0.05) is 28.4 Å². The van der Waals surface area contributed by atoms with Crippen molar-refractivity contribution in [2.75, 3.05) is 10.6 Å². The molecule has 2 aromatic carbocycles. The second kappa shape index (κ2) is 7.93. The first-order valence-electron chi connectivity index (χ1n) is 9.15. The Hall–Kier alpha value is -4.00. The molecule has 0 radical (unpaired) electrons. The minimum Gasteiger partial charge on any atom is -0.361 e. The molecule has 7 heteroatoms. The van der Waals surface area contributed by atoms with E-state index in [-0.39, 0.29) is 18.1 Å². The first-order valence-corrected chi connectivity index (χ1v) is 9.15. The standard InChI is InChI=1S/C22H19N5O2/c1-14(28)15-5-4-6-17(11-15)24-20-9-10-21(27-26-20)25-22(29)12-16-13-23-19-8-3-2-7-18(16)19/h2-11,13,23H,12H2,1H3,(H,24,26)(H,25,27,29). The van der Waals surface area contributed by atoms with Crippen LogP contribution in [0.2, 0.25) is 0 Å². The van der Waals surface area contributed by atoms with Gasteiger partial charge in [0.2, 0.25) is 5.91 Å². The second-order valence-electron chi connectivity index (χ2n) is 6.65. The zero-order chi connectivity index (χ0) is 20.2. The van der Waals surface area contributed by atoms with Gasteiger partial charge in [0.05, 0.1) is 6.42 Å². The molecule has 3 N–H and O–H groups in total. The van der Waals surface area contributed by atoms with Crippen LogP contribution in [0.15, 0.2) is 66.9 Å². The summed E-state index contributed by atoms with van der Waals surface area (Å²) in [4.78, 5) is 27.0. The van der Waals surface area contributed by atoms with Crippen molar-refractivity contribution >= 4 is 39.9 Å². The normalized spacial score (nSPS) is 10.7. The SMILES string of the molecule is CC(=O)c1cccc(Nc2ccc(NC(=O)Cc3c[nH]c4ccccc34)nn2)c1. The van der Waals surface area contributed by atoms with Crippen LogP contribution in [0, 0.1) is 0 Å². The summed E-state index contributed by atoms with van der Waals surface area (Å²) in [5.41, 5.74) is 3.28. The van der Waals surface area contributed by atoms with Crippen molar-refractivity contribution in [3.8, 4) is 0 Å². The lowest BCUT2D eigenvalue weighted by atomic mass is 10.1. The first-order chi connectivity index (χ1) is 14.1. The maximum Gasteiger partial charge on any atom is 0.230 e. The van der Waals surface area contributed by atoms with E-state index in [9.17, 15) is 9.59 Å². The van der Waals surface area contributed by atoms with Gasteiger partial charge < -0.3 is 15.6 Å². The largest absolute Gasteiger partial charge is 0.361 e. The molecule has 0 aliphatic carbocycles. The topological polar surface area (TPSA) is 99.8 Å². The van der Waals surface area contributed by atoms with E-state index >= 15 is 0 Å². The van der Waals surface area contributed by atoms with Gasteiger partial charge in [0.1, 0.15) is 0 Å². The Kier molecular flexibility index (Phi) is 5.03. The van der Waals surface area contributed by atoms with Gasteiger partial charge in [-0.15, -0.1) is 10.2 Å². The fourth-order valence-electron chi connectivity index (χ4n) is 3.07. The fourth-order valence-corrected chi connectivity index (χ4v) is 3.07. The molecule has 0 spiro atoms. The molecule has 7 nitrogen and oxygen atoms in total. The quantitative estimate of drug-likeness (QED) is 0.434. The Bertz CT molecular complexity index is 1180. The van der Waals surface area contributed by atoms with Crippen LogP contribution in [0.1, 0.15) is 22.8 Å². The Labute approximate surface area is 167 Å². The summed E-state index contributed by atoms with van der Waals surface area (Å²) in [6.07, 6.45) is 2.08. The van der Waals surface area contributed by atoms with Crippen molar-refractivity contribution in [3.05, 3.63) is 78.0 Å². The Balaban J connectivity index is 1.39. The molecular formula is C22H19N5O2. The predicted molar refractivity (Wildman–Crippen MR) is 112 cm³/mol. The molecule has 4 aromatic rings. The van der Waals surface area contributed by atoms with Gasteiger partial charge >= 0.3 is 0 Å². The number of ketones is 1. The lowest BCUT2D eigenvalue weighted by Gasteiger charge is -2.07. The van der Waals surface area contributed by atoms with Gasteiger partial charge in [-0.1, -0.05) is 30.3 Å². The molecule has 0 atom stereocenters. The molecule has 4 rings (SSSR count). The Morgan fingerprint density at radius 1 is 0.966 bits per heavy atom. The number of aromatic amines is 1. The molecule has 0 aliphatic heterocycles. The number of hydrogen-bond acceptors (Lipinski definition) is 5. The number of aromatic nitrogens is 3. The average Bonchev–Trinajstić information content (AvgIpc) is 3.12. The van der Waals surface area contributed by atoms with Crippen molar-refractivity contribution in [2.24, 2.45) is 0 Å². The number of nitrogens with one attached hydrogen (secondary N) is 3. The molecule has 0 fully saturated rings. The monoisotopic (exact) mass is 385 g/mol. The zero-order valence-electron chi connectivity index (χ0n) is 15.8. The summed E-state index contributed by atoms with van der Waals surface area (Å²) in [5.74, 6) is 0.713. The molecular weight excluding hydrogens is 366 g/mol. The van der Waals surface area contributed by atoms with Crippen LogP contribution < -0.4 is 10.6 Å². The number of amides is 1. The van der Waals surface area contributed by atoms with E-state index in [2.05, 4.69) is 25.8 Å². The van der Waals surface area contributed by atoms with Crippen molar-refractivity contribution in [1.82, 2.24) is 15.2 Å². The first kappa shape index (κ1) is 18.4. The summed E-state index contributed by atoms with van der Waals surface area (Å²) in [6.45, 7) is 1.52. The van der Waals surface area contributed by atoms with Gasteiger partial charge in [-0.2, -0.15) is 0 Å². The highest BCUT2D eigenvalue weighted by Gasteiger charge is 2.10. The van der Waals surface area contributed by atoms with E-state index in [1.165, 1.54) is 6.92 Å². The maximum atomic E-state index is 12.4. The number of carbonyl (C=O) groups excluding carboxylic acids is 2. The highest BCUT2D eigenvalue weighted by Crippen LogP contribution is 2.19. The van der Waals surface area contributed by atoms with E-state index in [1.807, 2.05) is 36.5 Å². The molecule has 2 heterocycles. The van der Waals surface area contributed by atoms with Crippen molar-refractivity contribution in [3.63, 3.8) is 0 Å². The minimum absolute atomic E-state index is 0.00649. The summed E-state index contributed by atoms with van der Waals surface area (Å²) in [5, 5.41) is 15.0. The van der Waals surface area contributed by atoms with Crippen molar-refractivity contribution in [1.29, 1.82) is 0 Å². The summed E-state index contributed by atoms with van der Waals surface area (Å²) in [6, 6.07) is 18.4. The number of rotatable bonds is 6. The van der Waals surface area contributed by atoms with Crippen molar-refractivity contribution in [2.45, 2.75) is 13.3 Å². The number of carbonyl (C=O) groups is 2. The van der Waals surface area contributed by atoms with Crippen LogP contribution in [0.5, 0.6) is 0 Å². The third-order valence-electron chi connectivity index (χ3n) is 4.50. The van der Waals surface area contributed by atoms with Gasteiger partial charge in [0.15, 0.2) is 17.4 Å². The molecule has 144 valence electrons. The number of hydrogen-bond donors (Lipinski definition) is 3. The molecule has 29 heavy (non-hydrogen) atoms. The van der Waals surface area contributed by atoms with Crippen LogP contribution in [-0.2, 0) is 11.2 Å². The van der Waals surface area contributed by atoms with E-state index in [0.717, 1.165) is 22.2 Å². The maximum absolute atomic E-state index is 12.4. The Morgan fingerprint density at radius 2 is 1.76 bits per heavy atom. The second-order valence-corrected chi connectivity index (χ2v) is 6.65. The smallest absolute Gasteiger partial charge is 0.230 e. The molecule has 1 amide bonds. The van der Waals surface area contributed by atoms with Crippen LogP contribution in [0.25, 0.3) is 10.9 Å². The van der Waals surface area contributed by atoms with Gasteiger partial charge in [-0.3, -0.25) is 9.59 Å². The van der Waals surface area contributed by atoms with Crippen LogP contribution in [0.3, 0.4) is 0 Å². The zero-order valence-corrected chi connectivity index (χ0v) is 15.8. The van der Waals surface area contributed by atoms with Crippen LogP contribution in [-0.4, -0.2) is 26.9 Å².